The van der Waals surface area contributed by atoms with E-state index in [0.717, 1.165) is 12.8 Å². The van der Waals surface area contributed by atoms with Gasteiger partial charge in [0.1, 0.15) is 11.9 Å². The molecule has 0 aliphatic carbocycles. The lowest BCUT2D eigenvalue weighted by Gasteiger charge is -2.41. The number of rotatable bonds is 2. The normalized spacial score (nSPS) is 29.2. The second-order valence-corrected chi connectivity index (χ2v) is 5.62. The molecule has 1 aromatic rings. The number of aldehydes is 1. The van der Waals surface area contributed by atoms with Crippen molar-refractivity contribution < 1.29 is 9.90 Å². The van der Waals surface area contributed by atoms with E-state index in [4.69, 9.17) is 23.2 Å². The van der Waals surface area contributed by atoms with Gasteiger partial charge in [0.25, 0.3) is 0 Å². The number of carbonyl (C=O) groups is 1. The summed E-state index contributed by atoms with van der Waals surface area (Å²) < 4.78 is 0. The summed E-state index contributed by atoms with van der Waals surface area (Å²) in [4.78, 5) is 13.2. The maximum Gasteiger partial charge on any atom is 0.127 e. The fourth-order valence-electron chi connectivity index (χ4n) is 2.40. The van der Waals surface area contributed by atoms with E-state index < -0.39 is 11.5 Å². The lowest BCUT2D eigenvalue weighted by atomic mass is 9.77. The van der Waals surface area contributed by atoms with Crippen molar-refractivity contribution in [2.45, 2.75) is 12.0 Å². The van der Waals surface area contributed by atoms with Gasteiger partial charge in [0.05, 0.1) is 16.0 Å². The molecular weight excluding hydrogens is 273 g/mol. The Morgan fingerprint density at radius 2 is 2.17 bits per heavy atom. The molecule has 1 saturated heterocycles. The van der Waals surface area contributed by atoms with Crippen LogP contribution < -0.4 is 0 Å². The van der Waals surface area contributed by atoms with Crippen LogP contribution in [0.15, 0.2) is 18.2 Å². The van der Waals surface area contributed by atoms with Crippen molar-refractivity contribution >= 4 is 29.5 Å². The van der Waals surface area contributed by atoms with Crippen LogP contribution in [0.25, 0.3) is 0 Å². The minimum Gasteiger partial charge on any atom is -0.384 e. The van der Waals surface area contributed by atoms with Gasteiger partial charge in [0.2, 0.25) is 0 Å². The summed E-state index contributed by atoms with van der Waals surface area (Å²) in [5.74, 6) is -0.450. The maximum atomic E-state index is 11.2. The zero-order chi connectivity index (χ0) is 13.3. The predicted molar refractivity (Wildman–Crippen MR) is 72.0 cm³/mol. The smallest absolute Gasteiger partial charge is 0.127 e. The Morgan fingerprint density at radius 1 is 1.44 bits per heavy atom. The number of aliphatic hydroxyl groups is 1. The molecule has 0 radical (unpaired) electrons. The molecule has 2 rings (SSSR count). The van der Waals surface area contributed by atoms with Gasteiger partial charge in [0, 0.05) is 13.1 Å². The number of benzene rings is 1. The number of halogens is 2. The molecule has 3 nitrogen and oxygen atoms in total. The van der Waals surface area contributed by atoms with Gasteiger partial charge < -0.3 is 14.8 Å². The molecule has 1 heterocycles. The van der Waals surface area contributed by atoms with Gasteiger partial charge in [-0.1, -0.05) is 29.3 Å². The van der Waals surface area contributed by atoms with Crippen molar-refractivity contribution in [2.75, 3.05) is 20.1 Å². The first-order valence-electron chi connectivity index (χ1n) is 5.79. The third-order valence-corrected chi connectivity index (χ3v) is 4.32. The summed E-state index contributed by atoms with van der Waals surface area (Å²) in [6.45, 7) is 1.28. The molecule has 18 heavy (non-hydrogen) atoms. The molecular formula is C13H15Cl2NO2. The lowest BCUT2D eigenvalue weighted by Crippen LogP contribution is -2.49. The van der Waals surface area contributed by atoms with Crippen LogP contribution in [0, 0.1) is 5.92 Å². The predicted octanol–water partition coefficient (Wildman–Crippen LogP) is 2.33. The van der Waals surface area contributed by atoms with Crippen molar-refractivity contribution in [1.29, 1.82) is 0 Å². The molecule has 0 amide bonds. The number of hydrogen-bond acceptors (Lipinski definition) is 3. The van der Waals surface area contributed by atoms with Crippen LogP contribution in [0.5, 0.6) is 0 Å². The quantitative estimate of drug-likeness (QED) is 0.849. The first kappa shape index (κ1) is 13.8. The number of likely N-dealkylation sites (tertiary alicyclic amines) is 1. The molecule has 1 N–H and O–H groups in total. The molecule has 1 fully saturated rings. The Kier molecular flexibility index (Phi) is 3.97. The van der Waals surface area contributed by atoms with E-state index in [2.05, 4.69) is 0 Å². The van der Waals surface area contributed by atoms with Gasteiger partial charge in [-0.25, -0.2) is 0 Å². The van der Waals surface area contributed by atoms with E-state index in [9.17, 15) is 9.90 Å². The molecule has 1 aromatic carbocycles. The zero-order valence-electron chi connectivity index (χ0n) is 10.1. The fraction of sp³-hybridized carbons (Fsp3) is 0.462. The van der Waals surface area contributed by atoms with Gasteiger partial charge >= 0.3 is 0 Å². The van der Waals surface area contributed by atoms with Gasteiger partial charge in [-0.05, 0) is 31.2 Å². The molecule has 5 heteroatoms. The Bertz CT molecular complexity index is 466. The molecule has 1 aliphatic rings. The van der Waals surface area contributed by atoms with Crippen molar-refractivity contribution in [3.05, 3.63) is 33.8 Å². The number of nitrogens with zero attached hydrogens (tertiary/aromatic N) is 1. The average Bonchev–Trinajstić information content (AvgIpc) is 2.35. The molecule has 0 spiro atoms. The summed E-state index contributed by atoms with van der Waals surface area (Å²) in [6.07, 6.45) is 1.32. The summed E-state index contributed by atoms with van der Waals surface area (Å²) in [5, 5.41) is 11.6. The number of carbonyl (C=O) groups excluding carboxylic acids is 1. The first-order valence-corrected chi connectivity index (χ1v) is 6.54. The number of piperidine rings is 1. The molecule has 2 unspecified atom stereocenters. The molecule has 0 aromatic heterocycles. The van der Waals surface area contributed by atoms with Crippen LogP contribution in [0.3, 0.4) is 0 Å². The third kappa shape index (κ3) is 2.41. The highest BCUT2D eigenvalue weighted by molar-refractivity contribution is 6.42. The van der Waals surface area contributed by atoms with Crippen LogP contribution in [-0.2, 0) is 10.4 Å². The van der Waals surface area contributed by atoms with Crippen molar-refractivity contribution in [3.8, 4) is 0 Å². The Balaban J connectivity index is 2.39. The highest BCUT2D eigenvalue weighted by atomic mass is 35.5. The van der Waals surface area contributed by atoms with Gasteiger partial charge in [-0.2, -0.15) is 0 Å². The maximum absolute atomic E-state index is 11.2. The van der Waals surface area contributed by atoms with E-state index in [-0.39, 0.29) is 0 Å². The zero-order valence-corrected chi connectivity index (χ0v) is 11.6. The monoisotopic (exact) mass is 287 g/mol. The SMILES string of the molecule is CN1CCC(O)(c2ccc(Cl)c(Cl)c2)C(C=O)C1. The summed E-state index contributed by atoms with van der Waals surface area (Å²) in [6, 6.07) is 5.03. The van der Waals surface area contributed by atoms with Gasteiger partial charge in [-0.15, -0.1) is 0 Å². The van der Waals surface area contributed by atoms with E-state index in [1.54, 1.807) is 18.2 Å². The van der Waals surface area contributed by atoms with Crippen molar-refractivity contribution in [1.82, 2.24) is 4.90 Å². The third-order valence-electron chi connectivity index (χ3n) is 3.58. The standard InChI is InChI=1S/C13H15Cl2NO2/c1-16-5-4-13(18,10(7-16)8-17)9-2-3-11(14)12(15)6-9/h2-3,6,8,10,18H,4-5,7H2,1H3. The van der Waals surface area contributed by atoms with Crippen LogP contribution >= 0.6 is 23.2 Å². The van der Waals surface area contributed by atoms with Crippen LogP contribution in [0.1, 0.15) is 12.0 Å². The van der Waals surface area contributed by atoms with Gasteiger partial charge in [0.15, 0.2) is 0 Å². The largest absolute Gasteiger partial charge is 0.384 e. The average molecular weight is 288 g/mol. The fourth-order valence-corrected chi connectivity index (χ4v) is 2.70. The summed E-state index contributed by atoms with van der Waals surface area (Å²) >= 11 is 11.8. The summed E-state index contributed by atoms with van der Waals surface area (Å²) in [5.41, 5.74) is -0.496. The molecule has 98 valence electrons. The van der Waals surface area contributed by atoms with Crippen molar-refractivity contribution in [2.24, 2.45) is 5.92 Å². The highest BCUT2D eigenvalue weighted by Crippen LogP contribution is 2.38. The second-order valence-electron chi connectivity index (χ2n) is 4.81. The highest BCUT2D eigenvalue weighted by Gasteiger charge is 2.42. The van der Waals surface area contributed by atoms with Gasteiger partial charge in [-0.3, -0.25) is 0 Å². The molecule has 2 atom stereocenters. The summed E-state index contributed by atoms with van der Waals surface area (Å²) in [7, 11) is 1.94. The first-order chi connectivity index (χ1) is 8.47. The Hall–Kier alpha value is -0.610. The van der Waals surface area contributed by atoms with Crippen LogP contribution in [0.2, 0.25) is 10.0 Å². The Labute approximate surface area is 116 Å². The second kappa shape index (κ2) is 5.17. The molecule has 0 saturated carbocycles. The lowest BCUT2D eigenvalue weighted by molar-refractivity contribution is -0.128. The van der Waals surface area contributed by atoms with Crippen LogP contribution in [0.4, 0.5) is 0 Å². The van der Waals surface area contributed by atoms with Crippen LogP contribution in [-0.4, -0.2) is 36.4 Å². The minimum atomic E-state index is -1.15. The minimum absolute atomic E-state index is 0.395. The molecule has 1 aliphatic heterocycles. The van der Waals surface area contributed by atoms with Crippen molar-refractivity contribution in [3.63, 3.8) is 0 Å². The van der Waals surface area contributed by atoms with E-state index >= 15 is 0 Å². The van der Waals surface area contributed by atoms with E-state index in [0.29, 0.717) is 28.6 Å². The number of hydrogen-bond donors (Lipinski definition) is 1. The van der Waals surface area contributed by atoms with E-state index in [1.807, 2.05) is 11.9 Å². The molecule has 0 bridgehead atoms. The van der Waals surface area contributed by atoms with E-state index in [1.165, 1.54) is 0 Å². The Morgan fingerprint density at radius 3 is 2.78 bits per heavy atom. The topological polar surface area (TPSA) is 40.5 Å².